The summed E-state index contributed by atoms with van der Waals surface area (Å²) in [7, 11) is 0. The van der Waals surface area contributed by atoms with Gasteiger partial charge in [-0.05, 0) is 40.2 Å². The van der Waals surface area contributed by atoms with Crippen molar-refractivity contribution < 1.29 is 14.3 Å². The maximum Gasteiger partial charge on any atom is 0.407 e. The number of hydrogen-bond donors (Lipinski definition) is 1. The van der Waals surface area contributed by atoms with Crippen LogP contribution >= 0.6 is 11.3 Å². The Labute approximate surface area is 134 Å². The van der Waals surface area contributed by atoms with E-state index in [0.29, 0.717) is 18.1 Å². The normalized spacial score (nSPS) is 19.7. The monoisotopic (exact) mass is 325 g/mol. The molecule has 22 heavy (non-hydrogen) atoms. The highest BCUT2D eigenvalue weighted by Crippen LogP contribution is 2.14. The van der Waals surface area contributed by atoms with Crippen LogP contribution in [0.1, 0.15) is 43.4 Å². The summed E-state index contributed by atoms with van der Waals surface area (Å²) in [5.41, 5.74) is -0.501. The highest BCUT2D eigenvalue weighted by Gasteiger charge is 2.25. The Morgan fingerprint density at radius 3 is 2.91 bits per heavy atom. The van der Waals surface area contributed by atoms with Crippen LogP contribution in [-0.4, -0.2) is 53.0 Å². The Morgan fingerprint density at radius 2 is 2.27 bits per heavy atom. The van der Waals surface area contributed by atoms with Crippen LogP contribution in [0.5, 0.6) is 0 Å². The number of carbonyl (C=O) groups is 2. The van der Waals surface area contributed by atoms with Gasteiger partial charge in [-0.25, -0.2) is 9.78 Å². The van der Waals surface area contributed by atoms with Gasteiger partial charge >= 0.3 is 6.09 Å². The molecule has 1 aliphatic rings. The molecule has 1 saturated heterocycles. The topological polar surface area (TPSA) is 71.5 Å². The van der Waals surface area contributed by atoms with Crippen molar-refractivity contribution in [3.05, 3.63) is 16.6 Å². The minimum Gasteiger partial charge on any atom is -0.444 e. The first-order chi connectivity index (χ1) is 10.3. The third-order valence-electron chi connectivity index (χ3n) is 3.26. The summed E-state index contributed by atoms with van der Waals surface area (Å²) in [6.07, 6.45) is 3.10. The Bertz CT molecular complexity index is 511. The molecule has 1 atom stereocenters. The van der Waals surface area contributed by atoms with Crippen LogP contribution in [0.4, 0.5) is 4.79 Å². The number of Topliss-reactive ketones (excluding diaryl/α,β-unsaturated/α-hetero) is 1. The van der Waals surface area contributed by atoms with Crippen molar-refractivity contribution in [3.63, 3.8) is 0 Å². The lowest BCUT2D eigenvalue weighted by Gasteiger charge is -2.32. The number of amides is 1. The second kappa shape index (κ2) is 7.19. The molecule has 0 spiro atoms. The van der Waals surface area contributed by atoms with Gasteiger partial charge in [0.05, 0.1) is 6.54 Å². The van der Waals surface area contributed by atoms with Crippen LogP contribution in [-0.2, 0) is 4.74 Å². The number of thiazole rings is 1. The lowest BCUT2D eigenvalue weighted by molar-refractivity contribution is 0.0473. The fourth-order valence-electron chi connectivity index (χ4n) is 2.42. The number of rotatable bonds is 4. The van der Waals surface area contributed by atoms with Gasteiger partial charge in [-0.2, -0.15) is 0 Å². The molecule has 1 amide bonds. The first-order valence-electron chi connectivity index (χ1n) is 7.48. The summed E-state index contributed by atoms with van der Waals surface area (Å²) >= 11 is 1.36. The molecule has 0 aromatic carbocycles. The largest absolute Gasteiger partial charge is 0.444 e. The molecule has 7 heteroatoms. The van der Waals surface area contributed by atoms with E-state index in [4.69, 9.17) is 4.74 Å². The summed E-state index contributed by atoms with van der Waals surface area (Å²) in [6, 6.07) is 0.0210. The van der Waals surface area contributed by atoms with E-state index in [1.807, 2.05) is 20.8 Å². The molecule has 1 aromatic rings. The van der Waals surface area contributed by atoms with Gasteiger partial charge in [0.2, 0.25) is 5.78 Å². The minimum atomic E-state index is -0.501. The zero-order chi connectivity index (χ0) is 16.2. The SMILES string of the molecule is CC(C)(C)OC(=O)NC1CCCN(CC(=O)c2nccs2)C1. The van der Waals surface area contributed by atoms with Crippen LogP contribution in [0.3, 0.4) is 0 Å². The number of nitrogens with zero attached hydrogens (tertiary/aromatic N) is 2. The molecule has 2 heterocycles. The number of alkyl carbamates (subject to hydrolysis) is 1. The van der Waals surface area contributed by atoms with Crippen LogP contribution in [0.15, 0.2) is 11.6 Å². The summed E-state index contributed by atoms with van der Waals surface area (Å²) < 4.78 is 5.27. The second-order valence-corrected chi connectivity index (χ2v) is 7.38. The molecule has 1 fully saturated rings. The number of hydrogen-bond acceptors (Lipinski definition) is 6. The predicted octanol–water partition coefficient (Wildman–Crippen LogP) is 2.31. The highest BCUT2D eigenvalue weighted by atomic mass is 32.1. The van der Waals surface area contributed by atoms with E-state index in [1.165, 1.54) is 11.3 Å². The van der Waals surface area contributed by atoms with Gasteiger partial charge in [-0.1, -0.05) is 0 Å². The van der Waals surface area contributed by atoms with Crippen LogP contribution in [0.2, 0.25) is 0 Å². The standard InChI is InChI=1S/C15H23N3O3S/c1-15(2,3)21-14(20)17-11-5-4-7-18(9-11)10-12(19)13-16-6-8-22-13/h6,8,11H,4-5,7,9-10H2,1-3H3,(H,17,20). The molecule has 0 radical (unpaired) electrons. The molecular weight excluding hydrogens is 302 g/mol. The van der Waals surface area contributed by atoms with Crippen LogP contribution in [0, 0.1) is 0 Å². The zero-order valence-corrected chi connectivity index (χ0v) is 14.1. The van der Waals surface area contributed by atoms with Gasteiger partial charge in [0, 0.05) is 24.2 Å². The van der Waals surface area contributed by atoms with E-state index in [2.05, 4.69) is 15.2 Å². The lowest BCUT2D eigenvalue weighted by Crippen LogP contribution is -2.49. The first-order valence-corrected chi connectivity index (χ1v) is 8.36. The number of ketones is 1. The molecule has 1 aromatic heterocycles. The molecule has 2 rings (SSSR count). The summed E-state index contributed by atoms with van der Waals surface area (Å²) in [6.45, 7) is 7.39. The Kier molecular flexibility index (Phi) is 5.52. The van der Waals surface area contributed by atoms with Gasteiger partial charge in [0.1, 0.15) is 5.60 Å². The van der Waals surface area contributed by atoms with E-state index in [-0.39, 0.29) is 11.8 Å². The average molecular weight is 325 g/mol. The number of aromatic nitrogens is 1. The fraction of sp³-hybridized carbons (Fsp3) is 0.667. The molecule has 0 aliphatic carbocycles. The third-order valence-corrected chi connectivity index (χ3v) is 4.08. The van der Waals surface area contributed by atoms with Crippen molar-refractivity contribution in [2.45, 2.75) is 45.3 Å². The minimum absolute atomic E-state index is 0.0210. The molecule has 0 bridgehead atoms. The Morgan fingerprint density at radius 1 is 1.50 bits per heavy atom. The molecule has 0 saturated carbocycles. The van der Waals surface area contributed by atoms with E-state index >= 15 is 0 Å². The van der Waals surface area contributed by atoms with Gasteiger partial charge in [0.25, 0.3) is 0 Å². The van der Waals surface area contributed by atoms with Gasteiger partial charge < -0.3 is 10.1 Å². The molecule has 1 aliphatic heterocycles. The van der Waals surface area contributed by atoms with Crippen molar-refractivity contribution in [1.82, 2.24) is 15.2 Å². The smallest absolute Gasteiger partial charge is 0.407 e. The molecule has 6 nitrogen and oxygen atoms in total. The Hall–Kier alpha value is -1.47. The lowest BCUT2D eigenvalue weighted by atomic mass is 10.1. The summed E-state index contributed by atoms with van der Waals surface area (Å²) in [5, 5.41) is 5.23. The van der Waals surface area contributed by atoms with Crippen molar-refractivity contribution in [2.75, 3.05) is 19.6 Å². The zero-order valence-electron chi connectivity index (χ0n) is 13.3. The molecular formula is C15H23N3O3S. The van der Waals surface area contributed by atoms with Crippen molar-refractivity contribution in [3.8, 4) is 0 Å². The quantitative estimate of drug-likeness (QED) is 0.860. The maximum atomic E-state index is 12.1. The van der Waals surface area contributed by atoms with E-state index in [9.17, 15) is 9.59 Å². The molecule has 122 valence electrons. The predicted molar refractivity (Wildman–Crippen MR) is 85.3 cm³/mol. The summed E-state index contributed by atoms with van der Waals surface area (Å²) in [4.78, 5) is 30.0. The second-order valence-electron chi connectivity index (χ2n) is 6.48. The van der Waals surface area contributed by atoms with E-state index in [0.717, 1.165) is 19.4 Å². The van der Waals surface area contributed by atoms with Crippen molar-refractivity contribution in [1.29, 1.82) is 0 Å². The first kappa shape index (κ1) is 16.9. The van der Waals surface area contributed by atoms with Crippen LogP contribution in [0.25, 0.3) is 0 Å². The Balaban J connectivity index is 1.81. The maximum absolute atomic E-state index is 12.1. The molecule has 1 unspecified atom stereocenters. The van der Waals surface area contributed by atoms with Gasteiger partial charge in [-0.15, -0.1) is 11.3 Å². The number of piperidine rings is 1. The number of ether oxygens (including phenoxy) is 1. The van der Waals surface area contributed by atoms with Crippen LogP contribution < -0.4 is 5.32 Å². The van der Waals surface area contributed by atoms with E-state index in [1.54, 1.807) is 11.6 Å². The van der Waals surface area contributed by atoms with Gasteiger partial charge in [-0.3, -0.25) is 9.69 Å². The number of nitrogens with one attached hydrogen (secondary N) is 1. The van der Waals surface area contributed by atoms with E-state index < -0.39 is 11.7 Å². The average Bonchev–Trinajstić information content (AvgIpc) is 2.90. The number of carbonyl (C=O) groups excluding carboxylic acids is 2. The third kappa shape index (κ3) is 5.38. The highest BCUT2D eigenvalue weighted by molar-refractivity contribution is 7.11. The van der Waals surface area contributed by atoms with Crippen molar-refractivity contribution >= 4 is 23.2 Å². The fourth-order valence-corrected chi connectivity index (χ4v) is 2.99. The van der Waals surface area contributed by atoms with Crippen molar-refractivity contribution in [2.24, 2.45) is 0 Å². The number of likely N-dealkylation sites (tertiary alicyclic amines) is 1. The molecule has 1 N–H and O–H groups in total. The van der Waals surface area contributed by atoms with Gasteiger partial charge in [0.15, 0.2) is 5.01 Å². The summed E-state index contributed by atoms with van der Waals surface area (Å²) in [5.74, 6) is 0.0351.